The lowest BCUT2D eigenvalue weighted by Gasteiger charge is -2.17. The predicted octanol–water partition coefficient (Wildman–Crippen LogP) is -0.471. The van der Waals surface area contributed by atoms with E-state index in [1.807, 2.05) is 6.92 Å². The maximum atomic E-state index is 10.9. The number of amides is 1. The Labute approximate surface area is 77.7 Å². The van der Waals surface area contributed by atoms with Crippen LogP contribution in [-0.4, -0.2) is 48.6 Å². The van der Waals surface area contributed by atoms with Crippen LogP contribution in [0.15, 0.2) is 0 Å². The van der Waals surface area contributed by atoms with E-state index in [2.05, 4.69) is 5.32 Å². The van der Waals surface area contributed by atoms with Gasteiger partial charge in [0, 0.05) is 13.6 Å². The van der Waals surface area contributed by atoms with Crippen LogP contribution < -0.4 is 5.32 Å². The van der Waals surface area contributed by atoms with Gasteiger partial charge in [-0.2, -0.15) is 0 Å². The van der Waals surface area contributed by atoms with E-state index in [0.717, 1.165) is 0 Å². The Balaban J connectivity index is 3.75. The minimum atomic E-state index is -0.838. The summed E-state index contributed by atoms with van der Waals surface area (Å²) in [6.45, 7) is 3.25. The highest BCUT2D eigenvalue weighted by molar-refractivity contribution is 5.77. The Morgan fingerprint density at radius 1 is 1.46 bits per heavy atom. The van der Waals surface area contributed by atoms with E-state index in [4.69, 9.17) is 5.11 Å². The first-order chi connectivity index (χ1) is 6.10. The molecule has 0 aromatic rings. The third kappa shape index (κ3) is 6.10. The summed E-state index contributed by atoms with van der Waals surface area (Å²) in [7, 11) is 1.56. The topological polar surface area (TPSA) is 69.6 Å². The molecule has 0 aromatic carbocycles. The molecule has 0 aromatic heterocycles. The zero-order valence-corrected chi connectivity index (χ0v) is 8.04. The molecule has 0 aliphatic rings. The summed E-state index contributed by atoms with van der Waals surface area (Å²) in [5.41, 5.74) is 0. The zero-order chi connectivity index (χ0) is 10.3. The molecule has 0 bridgehead atoms. The van der Waals surface area contributed by atoms with Gasteiger partial charge in [0.2, 0.25) is 5.91 Å². The molecule has 0 atom stereocenters. The molecule has 0 spiro atoms. The van der Waals surface area contributed by atoms with Gasteiger partial charge in [0.25, 0.3) is 0 Å². The van der Waals surface area contributed by atoms with Gasteiger partial charge in [-0.1, -0.05) is 6.92 Å². The fraction of sp³-hybridized carbons (Fsp3) is 0.750. The van der Waals surface area contributed by atoms with Crippen LogP contribution in [0.25, 0.3) is 0 Å². The minimum absolute atomic E-state index is 0.0742. The quantitative estimate of drug-likeness (QED) is 0.591. The van der Waals surface area contributed by atoms with Gasteiger partial charge in [-0.05, 0) is 6.54 Å². The fourth-order valence-corrected chi connectivity index (χ4v) is 0.885. The number of aliphatic carboxylic acids is 1. The Hall–Kier alpha value is -1.10. The fourth-order valence-electron chi connectivity index (χ4n) is 0.885. The standard InChI is InChI=1S/C8H16N2O3/c1-3-10(5-4-8(12)13)6-7(11)9-2/h3-6H2,1-2H3,(H,9,11)(H,12,13). The molecular formula is C8H16N2O3. The highest BCUT2D eigenvalue weighted by Gasteiger charge is 2.08. The largest absolute Gasteiger partial charge is 0.481 e. The van der Waals surface area contributed by atoms with Crippen LogP contribution in [0.1, 0.15) is 13.3 Å². The minimum Gasteiger partial charge on any atom is -0.481 e. The highest BCUT2D eigenvalue weighted by atomic mass is 16.4. The van der Waals surface area contributed by atoms with Crippen molar-refractivity contribution in [2.24, 2.45) is 0 Å². The van der Waals surface area contributed by atoms with E-state index in [1.54, 1.807) is 11.9 Å². The predicted molar refractivity (Wildman–Crippen MR) is 48.4 cm³/mol. The lowest BCUT2D eigenvalue weighted by atomic mass is 10.3. The molecule has 0 aliphatic heterocycles. The molecule has 5 heteroatoms. The number of rotatable bonds is 6. The van der Waals surface area contributed by atoms with Gasteiger partial charge in [0.15, 0.2) is 0 Å². The van der Waals surface area contributed by atoms with Crippen LogP contribution >= 0.6 is 0 Å². The second-order valence-electron chi connectivity index (χ2n) is 2.69. The summed E-state index contributed by atoms with van der Waals surface area (Å²) in [5.74, 6) is -0.928. The molecule has 0 saturated heterocycles. The Morgan fingerprint density at radius 3 is 2.46 bits per heavy atom. The summed E-state index contributed by atoms with van der Waals surface area (Å²) < 4.78 is 0. The highest BCUT2D eigenvalue weighted by Crippen LogP contribution is 1.90. The number of hydrogen-bond acceptors (Lipinski definition) is 3. The van der Waals surface area contributed by atoms with Crippen LogP contribution in [0.3, 0.4) is 0 Å². The van der Waals surface area contributed by atoms with E-state index < -0.39 is 5.97 Å². The van der Waals surface area contributed by atoms with Crippen LogP contribution in [0.5, 0.6) is 0 Å². The first-order valence-electron chi connectivity index (χ1n) is 4.24. The van der Waals surface area contributed by atoms with Gasteiger partial charge in [-0.25, -0.2) is 0 Å². The molecule has 0 heterocycles. The van der Waals surface area contributed by atoms with Gasteiger partial charge < -0.3 is 10.4 Å². The maximum absolute atomic E-state index is 10.9. The van der Waals surface area contributed by atoms with Crippen molar-refractivity contribution in [3.63, 3.8) is 0 Å². The van der Waals surface area contributed by atoms with Crippen LogP contribution in [-0.2, 0) is 9.59 Å². The van der Waals surface area contributed by atoms with E-state index in [0.29, 0.717) is 13.1 Å². The van der Waals surface area contributed by atoms with E-state index in [9.17, 15) is 9.59 Å². The summed E-state index contributed by atoms with van der Waals surface area (Å²) in [4.78, 5) is 23.0. The number of carbonyl (C=O) groups is 2. The first kappa shape index (κ1) is 11.9. The lowest BCUT2D eigenvalue weighted by Crippen LogP contribution is -2.36. The van der Waals surface area contributed by atoms with Gasteiger partial charge in [-0.3, -0.25) is 14.5 Å². The SMILES string of the molecule is CCN(CCC(=O)O)CC(=O)NC. The van der Waals surface area contributed by atoms with Gasteiger partial charge in [0.1, 0.15) is 0 Å². The van der Waals surface area contributed by atoms with E-state index in [-0.39, 0.29) is 18.9 Å². The van der Waals surface area contributed by atoms with Crippen LogP contribution in [0.4, 0.5) is 0 Å². The Morgan fingerprint density at radius 2 is 2.08 bits per heavy atom. The monoisotopic (exact) mass is 188 g/mol. The van der Waals surface area contributed by atoms with Crippen molar-refractivity contribution >= 4 is 11.9 Å². The number of nitrogens with one attached hydrogen (secondary N) is 1. The number of carbonyl (C=O) groups excluding carboxylic acids is 1. The molecule has 5 nitrogen and oxygen atoms in total. The van der Waals surface area contributed by atoms with Crippen LogP contribution in [0, 0.1) is 0 Å². The molecule has 0 rings (SSSR count). The Kier molecular flexibility index (Phi) is 5.88. The van der Waals surface area contributed by atoms with E-state index >= 15 is 0 Å². The normalized spacial score (nSPS) is 10.1. The van der Waals surface area contributed by atoms with Crippen molar-refractivity contribution < 1.29 is 14.7 Å². The van der Waals surface area contributed by atoms with Crippen molar-refractivity contribution in [3.05, 3.63) is 0 Å². The molecule has 13 heavy (non-hydrogen) atoms. The molecule has 0 unspecified atom stereocenters. The third-order valence-electron chi connectivity index (χ3n) is 1.74. The summed E-state index contributed by atoms with van der Waals surface area (Å²) in [6.07, 6.45) is 0.0742. The zero-order valence-electron chi connectivity index (χ0n) is 8.04. The van der Waals surface area contributed by atoms with Crippen molar-refractivity contribution in [1.82, 2.24) is 10.2 Å². The number of hydrogen-bond donors (Lipinski definition) is 2. The number of carboxylic acids is 1. The summed E-state index contributed by atoms with van der Waals surface area (Å²) >= 11 is 0. The second kappa shape index (κ2) is 6.42. The Bertz CT molecular complexity index is 182. The molecular weight excluding hydrogens is 172 g/mol. The first-order valence-corrected chi connectivity index (χ1v) is 4.24. The molecule has 1 amide bonds. The number of carboxylic acid groups (broad SMARTS) is 1. The van der Waals surface area contributed by atoms with E-state index in [1.165, 1.54) is 0 Å². The number of nitrogens with zero attached hydrogens (tertiary/aromatic N) is 1. The summed E-state index contributed by atoms with van der Waals surface area (Å²) in [6, 6.07) is 0. The molecule has 2 N–H and O–H groups in total. The number of likely N-dealkylation sites (N-methyl/N-ethyl adjacent to an activating group) is 2. The van der Waals surface area contributed by atoms with Gasteiger partial charge in [0.05, 0.1) is 13.0 Å². The molecule has 0 fully saturated rings. The average Bonchev–Trinajstić information content (AvgIpc) is 2.11. The third-order valence-corrected chi connectivity index (χ3v) is 1.74. The summed E-state index contributed by atoms with van der Waals surface area (Å²) in [5, 5.41) is 10.9. The van der Waals surface area contributed by atoms with Gasteiger partial charge in [-0.15, -0.1) is 0 Å². The lowest BCUT2D eigenvalue weighted by molar-refractivity contribution is -0.137. The molecule has 0 saturated carbocycles. The molecule has 76 valence electrons. The van der Waals surface area contributed by atoms with Gasteiger partial charge >= 0.3 is 5.97 Å². The van der Waals surface area contributed by atoms with Crippen molar-refractivity contribution in [3.8, 4) is 0 Å². The maximum Gasteiger partial charge on any atom is 0.304 e. The van der Waals surface area contributed by atoms with Crippen molar-refractivity contribution in [2.45, 2.75) is 13.3 Å². The average molecular weight is 188 g/mol. The molecule has 0 radical (unpaired) electrons. The van der Waals surface area contributed by atoms with Crippen LogP contribution in [0.2, 0.25) is 0 Å². The second-order valence-corrected chi connectivity index (χ2v) is 2.69. The molecule has 0 aliphatic carbocycles. The van der Waals surface area contributed by atoms with Crippen molar-refractivity contribution in [1.29, 1.82) is 0 Å². The smallest absolute Gasteiger partial charge is 0.304 e. The van der Waals surface area contributed by atoms with Crippen molar-refractivity contribution in [2.75, 3.05) is 26.7 Å².